The third kappa shape index (κ3) is 2.25. The molecule has 0 spiro atoms. The van der Waals surface area contributed by atoms with Crippen molar-refractivity contribution in [2.75, 3.05) is 0 Å². The van der Waals surface area contributed by atoms with Crippen molar-refractivity contribution in [1.82, 2.24) is 9.55 Å². The Bertz CT molecular complexity index is 520. The van der Waals surface area contributed by atoms with Crippen molar-refractivity contribution in [3.8, 4) is 0 Å². The van der Waals surface area contributed by atoms with Gasteiger partial charge in [-0.3, -0.25) is 4.57 Å². The van der Waals surface area contributed by atoms with E-state index >= 15 is 0 Å². The van der Waals surface area contributed by atoms with Crippen molar-refractivity contribution in [3.63, 3.8) is 0 Å². The van der Waals surface area contributed by atoms with Gasteiger partial charge in [0, 0.05) is 11.6 Å². The fraction of sp³-hybridized carbons (Fsp3) is 0.364. The Balaban J connectivity index is 0.000000686. The molecular formula is C11H12F4N2. The highest BCUT2D eigenvalue weighted by Crippen LogP contribution is 2.25. The van der Waals surface area contributed by atoms with Gasteiger partial charge < -0.3 is 0 Å². The highest BCUT2D eigenvalue weighted by molar-refractivity contribution is 5.77. The number of nitrogens with zero attached hydrogens (tertiary/aromatic N) is 2. The molecule has 0 bridgehead atoms. The van der Waals surface area contributed by atoms with Crippen LogP contribution in [0.3, 0.4) is 0 Å². The van der Waals surface area contributed by atoms with Crippen molar-refractivity contribution < 1.29 is 17.6 Å². The van der Waals surface area contributed by atoms with Crippen LogP contribution < -0.4 is 0 Å². The van der Waals surface area contributed by atoms with E-state index in [-0.39, 0.29) is 16.6 Å². The van der Waals surface area contributed by atoms with E-state index in [0.29, 0.717) is 4.57 Å². The molecule has 94 valence electrons. The lowest BCUT2D eigenvalue weighted by Crippen LogP contribution is -1.99. The van der Waals surface area contributed by atoms with Gasteiger partial charge >= 0.3 is 6.55 Å². The first-order chi connectivity index (χ1) is 8.02. The van der Waals surface area contributed by atoms with Crippen LogP contribution in [0.5, 0.6) is 0 Å². The van der Waals surface area contributed by atoms with Crippen LogP contribution in [0.25, 0.3) is 11.0 Å². The molecule has 2 nitrogen and oxygen atoms in total. The van der Waals surface area contributed by atoms with Gasteiger partial charge in [-0.1, -0.05) is 13.8 Å². The van der Waals surface area contributed by atoms with Gasteiger partial charge in [-0.15, -0.1) is 0 Å². The molecule has 0 fully saturated rings. The summed E-state index contributed by atoms with van der Waals surface area (Å²) in [6, 6.07) is 0.937. The second-order valence-corrected chi connectivity index (χ2v) is 3.09. The maximum Gasteiger partial charge on any atom is 0.320 e. The van der Waals surface area contributed by atoms with Crippen LogP contribution in [0.1, 0.15) is 26.0 Å². The van der Waals surface area contributed by atoms with Crippen molar-refractivity contribution in [1.29, 1.82) is 0 Å². The molecule has 2 rings (SSSR count). The highest BCUT2D eigenvalue weighted by atomic mass is 19.3. The van der Waals surface area contributed by atoms with Gasteiger partial charge in [-0.2, -0.15) is 8.78 Å². The molecule has 0 aliphatic heterocycles. The van der Waals surface area contributed by atoms with Gasteiger partial charge in [0.25, 0.3) is 0 Å². The maximum absolute atomic E-state index is 13.5. The summed E-state index contributed by atoms with van der Waals surface area (Å²) in [6.45, 7) is 2.29. The van der Waals surface area contributed by atoms with Crippen LogP contribution in [0.2, 0.25) is 0 Å². The summed E-state index contributed by atoms with van der Waals surface area (Å²) in [5.74, 6) is -1.79. The number of hydrogen-bond donors (Lipinski definition) is 0. The molecule has 0 saturated heterocycles. The third-order valence-electron chi connectivity index (χ3n) is 2.19. The Morgan fingerprint density at radius 2 is 1.82 bits per heavy atom. The minimum absolute atomic E-state index is 0.115. The molecular weight excluding hydrogens is 236 g/mol. The molecule has 1 aromatic carbocycles. The Kier molecular flexibility index (Phi) is 4.09. The maximum atomic E-state index is 13.5. The lowest BCUT2D eigenvalue weighted by molar-refractivity contribution is 0.0740. The van der Waals surface area contributed by atoms with E-state index in [1.165, 1.54) is 6.92 Å². The molecule has 0 aliphatic carbocycles. The summed E-state index contributed by atoms with van der Waals surface area (Å²) in [7, 11) is 0. The average Bonchev–Trinajstić information content (AvgIpc) is 2.72. The van der Waals surface area contributed by atoms with Gasteiger partial charge in [-0.05, 0) is 6.92 Å². The predicted molar refractivity (Wildman–Crippen MR) is 57.0 cm³/mol. The Morgan fingerprint density at radius 1 is 1.24 bits per heavy atom. The van der Waals surface area contributed by atoms with Crippen LogP contribution in [0, 0.1) is 18.6 Å². The topological polar surface area (TPSA) is 17.8 Å². The average molecular weight is 248 g/mol. The van der Waals surface area contributed by atoms with Crippen molar-refractivity contribution in [2.24, 2.45) is 0 Å². The molecule has 0 atom stereocenters. The number of halogens is 4. The standard InChI is InChI=1S/C9H6F4N2.C2H6/c1-4-5(10)2-6-8(7(4)11)15(3-14-6)9(12)13;1-2/h2-3,9H,1H3;1-2H3. The zero-order chi connectivity index (χ0) is 13.2. The van der Waals surface area contributed by atoms with E-state index in [0.717, 1.165) is 12.4 Å². The van der Waals surface area contributed by atoms with E-state index in [1.807, 2.05) is 13.8 Å². The second kappa shape index (κ2) is 5.16. The van der Waals surface area contributed by atoms with E-state index in [4.69, 9.17) is 0 Å². The molecule has 0 saturated carbocycles. The SMILES string of the molecule is CC.Cc1c(F)cc2ncn(C(F)F)c2c1F. The zero-order valence-corrected chi connectivity index (χ0v) is 9.64. The second-order valence-electron chi connectivity index (χ2n) is 3.09. The van der Waals surface area contributed by atoms with Crippen molar-refractivity contribution >= 4 is 11.0 Å². The van der Waals surface area contributed by atoms with E-state index in [2.05, 4.69) is 4.98 Å². The van der Waals surface area contributed by atoms with Gasteiger partial charge in [0.2, 0.25) is 0 Å². The van der Waals surface area contributed by atoms with E-state index in [9.17, 15) is 17.6 Å². The summed E-state index contributed by atoms with van der Waals surface area (Å²) in [5, 5.41) is 0. The smallest absolute Gasteiger partial charge is 0.270 e. The zero-order valence-electron chi connectivity index (χ0n) is 9.64. The van der Waals surface area contributed by atoms with Crippen molar-refractivity contribution in [2.45, 2.75) is 27.3 Å². The molecule has 2 aromatic rings. The fourth-order valence-corrected chi connectivity index (χ4v) is 1.37. The van der Waals surface area contributed by atoms with E-state index < -0.39 is 18.2 Å². The summed E-state index contributed by atoms with van der Waals surface area (Å²) < 4.78 is 51.7. The van der Waals surface area contributed by atoms with Gasteiger partial charge in [0.05, 0.1) is 5.52 Å². The number of imidazole rings is 1. The van der Waals surface area contributed by atoms with Gasteiger partial charge in [0.1, 0.15) is 17.7 Å². The number of alkyl halides is 2. The van der Waals surface area contributed by atoms with Gasteiger partial charge in [0.15, 0.2) is 5.82 Å². The first kappa shape index (κ1) is 13.5. The van der Waals surface area contributed by atoms with Crippen molar-refractivity contribution in [3.05, 3.63) is 29.6 Å². The molecule has 1 heterocycles. The molecule has 0 unspecified atom stereocenters. The fourth-order valence-electron chi connectivity index (χ4n) is 1.37. The molecule has 0 N–H and O–H groups in total. The first-order valence-corrected chi connectivity index (χ1v) is 5.11. The van der Waals surface area contributed by atoms with Crippen LogP contribution >= 0.6 is 0 Å². The summed E-state index contributed by atoms with van der Waals surface area (Å²) in [6.07, 6.45) is 0.789. The monoisotopic (exact) mass is 248 g/mol. The minimum atomic E-state index is -2.89. The predicted octanol–water partition coefficient (Wildman–Crippen LogP) is 4.04. The quantitative estimate of drug-likeness (QED) is 0.696. The largest absolute Gasteiger partial charge is 0.320 e. The van der Waals surface area contributed by atoms with Crippen LogP contribution in [0.4, 0.5) is 17.6 Å². The Labute approximate surface area is 95.9 Å². The summed E-state index contributed by atoms with van der Waals surface area (Å²) >= 11 is 0. The Morgan fingerprint density at radius 3 is 2.35 bits per heavy atom. The van der Waals surface area contributed by atoms with Gasteiger partial charge in [-0.25, -0.2) is 13.8 Å². The third-order valence-corrected chi connectivity index (χ3v) is 2.19. The number of benzene rings is 1. The number of fused-ring (bicyclic) bond motifs is 1. The number of rotatable bonds is 1. The van der Waals surface area contributed by atoms with Crippen LogP contribution in [-0.2, 0) is 0 Å². The summed E-state index contributed by atoms with van der Waals surface area (Å²) in [4.78, 5) is 3.51. The molecule has 17 heavy (non-hydrogen) atoms. The minimum Gasteiger partial charge on any atom is -0.270 e. The number of hydrogen-bond acceptors (Lipinski definition) is 1. The first-order valence-electron chi connectivity index (χ1n) is 5.11. The normalized spacial score (nSPS) is 10.6. The van der Waals surface area contributed by atoms with Crippen LogP contribution in [-0.4, -0.2) is 9.55 Å². The van der Waals surface area contributed by atoms with E-state index in [1.54, 1.807) is 0 Å². The molecule has 0 aliphatic rings. The molecule has 0 amide bonds. The molecule has 1 aromatic heterocycles. The Hall–Kier alpha value is -1.59. The lowest BCUT2D eigenvalue weighted by Gasteiger charge is -2.04. The van der Waals surface area contributed by atoms with Crippen LogP contribution in [0.15, 0.2) is 12.4 Å². The molecule has 6 heteroatoms. The highest BCUT2D eigenvalue weighted by Gasteiger charge is 2.18. The number of aromatic nitrogens is 2. The molecule has 0 radical (unpaired) electrons. The lowest BCUT2D eigenvalue weighted by atomic mass is 10.2. The summed E-state index contributed by atoms with van der Waals surface area (Å²) in [5.41, 5.74) is -0.773.